The van der Waals surface area contributed by atoms with Crippen LogP contribution in [0.15, 0.2) is 12.1 Å². The number of carbonyl (C=O) groups is 2. The molecule has 0 unspecified atom stereocenters. The SMILES string of the molecule is CCOC(=O)c1ccc(C=O)c([N+](=O)[O-])c1C#N. The maximum atomic E-state index is 11.5. The fourth-order valence-corrected chi connectivity index (χ4v) is 1.39. The van der Waals surface area contributed by atoms with Gasteiger partial charge in [-0.15, -0.1) is 0 Å². The second-order valence-corrected chi connectivity index (χ2v) is 3.13. The van der Waals surface area contributed by atoms with Gasteiger partial charge < -0.3 is 4.74 Å². The number of aldehydes is 1. The molecule has 0 atom stereocenters. The van der Waals surface area contributed by atoms with Crippen LogP contribution in [-0.4, -0.2) is 23.8 Å². The smallest absolute Gasteiger partial charge is 0.339 e. The van der Waals surface area contributed by atoms with Crippen LogP contribution in [0.25, 0.3) is 0 Å². The number of nitro groups is 1. The van der Waals surface area contributed by atoms with Crippen molar-refractivity contribution < 1.29 is 19.2 Å². The van der Waals surface area contributed by atoms with Crippen molar-refractivity contribution in [1.82, 2.24) is 0 Å². The van der Waals surface area contributed by atoms with E-state index < -0.39 is 22.1 Å². The molecule has 1 aromatic carbocycles. The lowest BCUT2D eigenvalue weighted by atomic mass is 10.0. The van der Waals surface area contributed by atoms with Crippen LogP contribution in [0.4, 0.5) is 5.69 Å². The number of carbonyl (C=O) groups excluding carboxylic acids is 2. The van der Waals surface area contributed by atoms with Crippen molar-refractivity contribution in [2.45, 2.75) is 6.92 Å². The first-order chi connectivity index (χ1) is 8.56. The fourth-order valence-electron chi connectivity index (χ4n) is 1.39. The maximum Gasteiger partial charge on any atom is 0.339 e. The predicted octanol–water partition coefficient (Wildman–Crippen LogP) is 1.46. The van der Waals surface area contributed by atoms with Gasteiger partial charge in [0.2, 0.25) is 0 Å². The molecule has 1 aromatic rings. The Morgan fingerprint density at radius 3 is 2.72 bits per heavy atom. The molecule has 0 spiro atoms. The summed E-state index contributed by atoms with van der Waals surface area (Å²) in [7, 11) is 0. The molecule has 0 aliphatic heterocycles. The number of rotatable bonds is 4. The summed E-state index contributed by atoms with van der Waals surface area (Å²) in [6.45, 7) is 1.64. The van der Waals surface area contributed by atoms with E-state index in [0.29, 0.717) is 0 Å². The third kappa shape index (κ3) is 2.32. The number of nitrogens with zero attached hydrogens (tertiary/aromatic N) is 2. The normalized spacial score (nSPS) is 9.33. The molecule has 1 rings (SSSR count). The molecule has 0 fully saturated rings. The van der Waals surface area contributed by atoms with Crippen LogP contribution < -0.4 is 0 Å². The number of nitriles is 1. The molecule has 0 saturated carbocycles. The zero-order valence-corrected chi connectivity index (χ0v) is 9.37. The molecule has 0 saturated heterocycles. The minimum Gasteiger partial charge on any atom is -0.462 e. The molecule has 0 aliphatic carbocycles. The quantitative estimate of drug-likeness (QED) is 0.345. The van der Waals surface area contributed by atoms with Gasteiger partial charge in [-0.2, -0.15) is 5.26 Å². The van der Waals surface area contributed by atoms with Crippen LogP contribution in [0, 0.1) is 21.4 Å². The van der Waals surface area contributed by atoms with Crippen molar-refractivity contribution in [3.8, 4) is 6.07 Å². The maximum absolute atomic E-state index is 11.5. The first-order valence-corrected chi connectivity index (χ1v) is 4.90. The average molecular weight is 248 g/mol. The summed E-state index contributed by atoms with van der Waals surface area (Å²) in [6.07, 6.45) is 0.258. The highest BCUT2D eigenvalue weighted by Crippen LogP contribution is 2.26. The van der Waals surface area contributed by atoms with Crippen LogP contribution in [0.3, 0.4) is 0 Å². The summed E-state index contributed by atoms with van der Waals surface area (Å²) in [5.74, 6) is -0.838. The molecular weight excluding hydrogens is 240 g/mol. The first kappa shape index (κ1) is 13.3. The van der Waals surface area contributed by atoms with E-state index in [-0.39, 0.29) is 24.0 Å². The van der Waals surface area contributed by atoms with E-state index in [1.165, 1.54) is 0 Å². The summed E-state index contributed by atoms with van der Waals surface area (Å²) in [4.78, 5) is 32.2. The summed E-state index contributed by atoms with van der Waals surface area (Å²) in [5.41, 5.74) is -1.64. The van der Waals surface area contributed by atoms with Crippen molar-refractivity contribution in [2.24, 2.45) is 0 Å². The summed E-state index contributed by atoms with van der Waals surface area (Å²) in [5, 5.41) is 19.7. The Labute approximate surface area is 102 Å². The van der Waals surface area contributed by atoms with Crippen molar-refractivity contribution >= 4 is 17.9 Å². The number of benzene rings is 1. The standard InChI is InChI=1S/C11H8N2O5/c1-2-18-11(15)8-4-3-7(6-14)10(13(16)17)9(8)5-12/h3-4,6H,2H2,1H3. The number of ether oxygens (including phenoxy) is 1. The van der Waals surface area contributed by atoms with Gasteiger partial charge in [0, 0.05) is 0 Å². The topological polar surface area (TPSA) is 110 Å². The summed E-state index contributed by atoms with van der Waals surface area (Å²) >= 11 is 0. The molecule has 0 aromatic heterocycles. The Bertz CT molecular complexity index is 559. The molecule has 0 heterocycles. The monoisotopic (exact) mass is 248 g/mol. The number of hydrogen-bond donors (Lipinski definition) is 0. The minimum absolute atomic E-state index is 0.0763. The average Bonchev–Trinajstić information content (AvgIpc) is 2.36. The summed E-state index contributed by atoms with van der Waals surface area (Å²) < 4.78 is 4.68. The lowest BCUT2D eigenvalue weighted by Crippen LogP contribution is -2.10. The van der Waals surface area contributed by atoms with Crippen LogP contribution in [0.5, 0.6) is 0 Å². The fraction of sp³-hybridized carbons (Fsp3) is 0.182. The van der Waals surface area contributed by atoms with Crippen LogP contribution in [0.1, 0.15) is 33.2 Å². The van der Waals surface area contributed by atoms with E-state index in [0.717, 1.165) is 12.1 Å². The lowest BCUT2D eigenvalue weighted by molar-refractivity contribution is -0.385. The van der Waals surface area contributed by atoms with Gasteiger partial charge in [0.15, 0.2) is 6.29 Å². The van der Waals surface area contributed by atoms with Gasteiger partial charge in [0.1, 0.15) is 11.6 Å². The number of esters is 1. The molecule has 0 aliphatic rings. The molecule has 7 heteroatoms. The number of hydrogen-bond acceptors (Lipinski definition) is 6. The van der Waals surface area contributed by atoms with E-state index in [1.54, 1.807) is 13.0 Å². The van der Waals surface area contributed by atoms with Gasteiger partial charge in [-0.25, -0.2) is 4.79 Å². The van der Waals surface area contributed by atoms with Crippen LogP contribution >= 0.6 is 0 Å². The largest absolute Gasteiger partial charge is 0.462 e. The van der Waals surface area contributed by atoms with E-state index in [1.807, 2.05) is 0 Å². The van der Waals surface area contributed by atoms with E-state index in [9.17, 15) is 19.7 Å². The second kappa shape index (κ2) is 5.54. The van der Waals surface area contributed by atoms with Crippen LogP contribution in [-0.2, 0) is 4.74 Å². The third-order valence-electron chi connectivity index (χ3n) is 2.13. The Kier molecular flexibility index (Phi) is 4.10. The molecule has 0 radical (unpaired) electrons. The van der Waals surface area contributed by atoms with Gasteiger partial charge in [-0.3, -0.25) is 14.9 Å². The molecule has 0 amide bonds. The lowest BCUT2D eigenvalue weighted by Gasteiger charge is -2.05. The Morgan fingerprint density at radius 2 is 2.28 bits per heavy atom. The molecular formula is C11H8N2O5. The molecule has 18 heavy (non-hydrogen) atoms. The van der Waals surface area contributed by atoms with Gasteiger partial charge >= 0.3 is 5.97 Å². The van der Waals surface area contributed by atoms with E-state index in [4.69, 9.17) is 5.26 Å². The van der Waals surface area contributed by atoms with Gasteiger partial charge in [0.05, 0.1) is 22.7 Å². The van der Waals surface area contributed by atoms with Crippen molar-refractivity contribution in [3.63, 3.8) is 0 Å². The van der Waals surface area contributed by atoms with Gasteiger partial charge in [-0.05, 0) is 19.1 Å². The molecule has 0 N–H and O–H groups in total. The van der Waals surface area contributed by atoms with E-state index in [2.05, 4.69) is 4.74 Å². The number of nitro benzene ring substituents is 1. The Balaban J connectivity index is 3.53. The molecule has 7 nitrogen and oxygen atoms in total. The van der Waals surface area contributed by atoms with Crippen molar-refractivity contribution in [2.75, 3.05) is 6.61 Å². The van der Waals surface area contributed by atoms with Crippen molar-refractivity contribution in [3.05, 3.63) is 38.9 Å². The Morgan fingerprint density at radius 1 is 1.61 bits per heavy atom. The molecule has 92 valence electrons. The summed E-state index contributed by atoms with van der Waals surface area (Å²) in [6, 6.07) is 3.83. The second-order valence-electron chi connectivity index (χ2n) is 3.13. The van der Waals surface area contributed by atoms with Crippen LogP contribution in [0.2, 0.25) is 0 Å². The van der Waals surface area contributed by atoms with Crippen molar-refractivity contribution in [1.29, 1.82) is 5.26 Å². The Hall–Kier alpha value is -2.75. The zero-order chi connectivity index (χ0) is 13.7. The third-order valence-corrected chi connectivity index (χ3v) is 2.13. The predicted molar refractivity (Wildman–Crippen MR) is 59.2 cm³/mol. The highest BCUT2D eigenvalue weighted by atomic mass is 16.6. The molecule has 0 bridgehead atoms. The highest BCUT2D eigenvalue weighted by Gasteiger charge is 2.26. The highest BCUT2D eigenvalue weighted by molar-refractivity contribution is 5.96. The van der Waals surface area contributed by atoms with Gasteiger partial charge in [0.25, 0.3) is 5.69 Å². The minimum atomic E-state index is -0.870. The van der Waals surface area contributed by atoms with Gasteiger partial charge in [-0.1, -0.05) is 0 Å². The first-order valence-electron chi connectivity index (χ1n) is 4.90. The zero-order valence-electron chi connectivity index (χ0n) is 9.37. The van der Waals surface area contributed by atoms with E-state index >= 15 is 0 Å².